The van der Waals surface area contributed by atoms with Gasteiger partial charge in [0.15, 0.2) is 0 Å². The molecule has 0 aromatic carbocycles. The third-order valence-corrected chi connectivity index (χ3v) is 3.08. The summed E-state index contributed by atoms with van der Waals surface area (Å²) in [6, 6.07) is 6.12. The fourth-order valence-electron chi connectivity index (χ4n) is 2.07. The molecule has 1 saturated heterocycles. The zero-order valence-corrected chi connectivity index (χ0v) is 9.10. The van der Waals surface area contributed by atoms with Crippen molar-refractivity contribution in [2.75, 3.05) is 13.1 Å². The van der Waals surface area contributed by atoms with E-state index >= 15 is 0 Å². The van der Waals surface area contributed by atoms with Gasteiger partial charge < -0.3 is 0 Å². The highest BCUT2D eigenvalue weighted by Gasteiger charge is 2.16. The summed E-state index contributed by atoms with van der Waals surface area (Å²) in [5.41, 5.74) is 1.18. The SMILES string of the molecule is C=CC1CCN(Cc2ccccn2)CC1. The van der Waals surface area contributed by atoms with E-state index in [1.807, 2.05) is 12.3 Å². The molecule has 80 valence electrons. The lowest BCUT2D eigenvalue weighted by atomic mass is 9.97. The van der Waals surface area contributed by atoms with Gasteiger partial charge in [0.25, 0.3) is 0 Å². The monoisotopic (exact) mass is 202 g/mol. The van der Waals surface area contributed by atoms with Crippen LogP contribution in [0.25, 0.3) is 0 Å². The number of nitrogens with zero attached hydrogens (tertiary/aromatic N) is 2. The Morgan fingerprint density at radius 3 is 2.80 bits per heavy atom. The van der Waals surface area contributed by atoms with E-state index in [2.05, 4.69) is 34.7 Å². The second-order valence-electron chi connectivity index (χ2n) is 4.17. The zero-order valence-electron chi connectivity index (χ0n) is 9.10. The first kappa shape index (κ1) is 10.4. The smallest absolute Gasteiger partial charge is 0.0543 e. The molecule has 0 bridgehead atoms. The molecule has 0 N–H and O–H groups in total. The van der Waals surface area contributed by atoms with Gasteiger partial charge in [0.05, 0.1) is 5.69 Å². The summed E-state index contributed by atoms with van der Waals surface area (Å²) in [5.74, 6) is 0.727. The third kappa shape index (κ3) is 2.90. The molecule has 2 rings (SSSR count). The Labute approximate surface area is 91.6 Å². The van der Waals surface area contributed by atoms with E-state index in [0.29, 0.717) is 0 Å². The largest absolute Gasteiger partial charge is 0.297 e. The third-order valence-electron chi connectivity index (χ3n) is 3.08. The van der Waals surface area contributed by atoms with Crippen molar-refractivity contribution in [2.45, 2.75) is 19.4 Å². The maximum atomic E-state index is 4.35. The highest BCUT2D eigenvalue weighted by molar-refractivity contribution is 5.03. The number of rotatable bonds is 3. The van der Waals surface area contributed by atoms with Crippen molar-refractivity contribution >= 4 is 0 Å². The summed E-state index contributed by atoms with van der Waals surface area (Å²) >= 11 is 0. The van der Waals surface area contributed by atoms with Gasteiger partial charge >= 0.3 is 0 Å². The number of allylic oxidation sites excluding steroid dienone is 1. The molecule has 1 aliphatic rings. The molecule has 1 aromatic heterocycles. The molecular formula is C13H18N2. The first-order chi connectivity index (χ1) is 7.38. The first-order valence-electron chi connectivity index (χ1n) is 5.63. The van der Waals surface area contributed by atoms with E-state index in [1.165, 1.54) is 31.6 Å². The number of aromatic nitrogens is 1. The van der Waals surface area contributed by atoms with E-state index < -0.39 is 0 Å². The van der Waals surface area contributed by atoms with E-state index in [0.717, 1.165) is 12.5 Å². The second-order valence-corrected chi connectivity index (χ2v) is 4.17. The maximum Gasteiger partial charge on any atom is 0.0543 e. The molecule has 0 amide bonds. The van der Waals surface area contributed by atoms with Crippen molar-refractivity contribution in [1.29, 1.82) is 0 Å². The molecule has 0 saturated carbocycles. The average Bonchev–Trinajstić information content (AvgIpc) is 2.31. The van der Waals surface area contributed by atoms with Gasteiger partial charge in [0.2, 0.25) is 0 Å². The zero-order chi connectivity index (χ0) is 10.5. The van der Waals surface area contributed by atoms with Crippen LogP contribution in [0.15, 0.2) is 37.1 Å². The van der Waals surface area contributed by atoms with Crippen LogP contribution in [0.4, 0.5) is 0 Å². The van der Waals surface area contributed by atoms with E-state index in [1.54, 1.807) is 0 Å². The van der Waals surface area contributed by atoms with Crippen LogP contribution >= 0.6 is 0 Å². The first-order valence-corrected chi connectivity index (χ1v) is 5.63. The molecule has 0 aliphatic carbocycles. The van der Waals surface area contributed by atoms with Crippen LogP contribution < -0.4 is 0 Å². The molecule has 0 atom stereocenters. The topological polar surface area (TPSA) is 16.1 Å². The molecule has 1 aromatic rings. The van der Waals surface area contributed by atoms with Gasteiger partial charge in [-0.3, -0.25) is 9.88 Å². The average molecular weight is 202 g/mol. The second kappa shape index (κ2) is 5.08. The Morgan fingerprint density at radius 1 is 1.40 bits per heavy atom. The van der Waals surface area contributed by atoms with E-state index in [-0.39, 0.29) is 0 Å². The molecule has 2 heterocycles. The Bertz CT molecular complexity index is 300. The van der Waals surface area contributed by atoms with Crippen molar-refractivity contribution in [3.05, 3.63) is 42.7 Å². The van der Waals surface area contributed by atoms with Crippen LogP contribution in [0.2, 0.25) is 0 Å². The van der Waals surface area contributed by atoms with Gasteiger partial charge in [0.1, 0.15) is 0 Å². The van der Waals surface area contributed by atoms with Crippen LogP contribution in [0.5, 0.6) is 0 Å². The number of hydrogen-bond donors (Lipinski definition) is 0. The Balaban J connectivity index is 1.85. The van der Waals surface area contributed by atoms with Crippen molar-refractivity contribution in [3.8, 4) is 0 Å². The van der Waals surface area contributed by atoms with Gasteiger partial charge in [-0.1, -0.05) is 12.1 Å². The molecule has 0 spiro atoms. The Morgan fingerprint density at radius 2 is 2.20 bits per heavy atom. The summed E-state index contributed by atoms with van der Waals surface area (Å²) in [4.78, 5) is 6.82. The van der Waals surface area contributed by atoms with Gasteiger partial charge in [-0.15, -0.1) is 6.58 Å². The lowest BCUT2D eigenvalue weighted by molar-refractivity contribution is 0.194. The van der Waals surface area contributed by atoms with Gasteiger partial charge in [0, 0.05) is 12.7 Å². The summed E-state index contributed by atoms with van der Waals surface area (Å²) < 4.78 is 0. The number of likely N-dealkylation sites (tertiary alicyclic amines) is 1. The normalized spacial score (nSPS) is 18.9. The summed E-state index contributed by atoms with van der Waals surface area (Å²) in [5, 5.41) is 0. The lowest BCUT2D eigenvalue weighted by Crippen LogP contribution is -2.32. The predicted octanol–water partition coefficient (Wildman–Crippen LogP) is 2.48. The maximum absolute atomic E-state index is 4.35. The van der Waals surface area contributed by atoms with E-state index in [9.17, 15) is 0 Å². The molecule has 15 heavy (non-hydrogen) atoms. The van der Waals surface area contributed by atoms with Crippen LogP contribution in [-0.4, -0.2) is 23.0 Å². The predicted molar refractivity (Wildman–Crippen MR) is 62.4 cm³/mol. The van der Waals surface area contributed by atoms with Gasteiger partial charge in [-0.25, -0.2) is 0 Å². The minimum atomic E-state index is 0.727. The number of hydrogen-bond acceptors (Lipinski definition) is 2. The molecule has 0 unspecified atom stereocenters. The van der Waals surface area contributed by atoms with Crippen molar-refractivity contribution in [2.24, 2.45) is 5.92 Å². The van der Waals surface area contributed by atoms with Gasteiger partial charge in [-0.05, 0) is 44.0 Å². The minimum absolute atomic E-state index is 0.727. The molecule has 1 fully saturated rings. The molecular weight excluding hydrogens is 184 g/mol. The van der Waals surface area contributed by atoms with Crippen LogP contribution in [0.1, 0.15) is 18.5 Å². The molecule has 2 heteroatoms. The Kier molecular flexibility index (Phi) is 3.51. The van der Waals surface area contributed by atoms with Crippen molar-refractivity contribution in [3.63, 3.8) is 0 Å². The quantitative estimate of drug-likeness (QED) is 0.700. The summed E-state index contributed by atoms with van der Waals surface area (Å²) in [6.07, 6.45) is 6.45. The highest BCUT2D eigenvalue weighted by Crippen LogP contribution is 2.18. The summed E-state index contributed by atoms with van der Waals surface area (Å²) in [6.45, 7) is 7.20. The summed E-state index contributed by atoms with van der Waals surface area (Å²) in [7, 11) is 0. The van der Waals surface area contributed by atoms with E-state index in [4.69, 9.17) is 0 Å². The van der Waals surface area contributed by atoms with Crippen molar-refractivity contribution < 1.29 is 0 Å². The van der Waals surface area contributed by atoms with Crippen LogP contribution in [-0.2, 0) is 6.54 Å². The van der Waals surface area contributed by atoms with Crippen LogP contribution in [0.3, 0.4) is 0 Å². The van der Waals surface area contributed by atoms with Gasteiger partial charge in [-0.2, -0.15) is 0 Å². The molecule has 1 aliphatic heterocycles. The fraction of sp³-hybridized carbons (Fsp3) is 0.462. The number of piperidine rings is 1. The standard InChI is InChI=1S/C13H18N2/c1-2-12-6-9-15(10-7-12)11-13-5-3-4-8-14-13/h2-5,8,12H,1,6-7,9-11H2. The van der Waals surface area contributed by atoms with Crippen molar-refractivity contribution in [1.82, 2.24) is 9.88 Å². The molecule has 2 nitrogen and oxygen atoms in total. The number of pyridine rings is 1. The Hall–Kier alpha value is -1.15. The molecule has 0 radical (unpaired) electrons. The highest BCUT2D eigenvalue weighted by atomic mass is 15.1. The minimum Gasteiger partial charge on any atom is -0.297 e. The fourth-order valence-corrected chi connectivity index (χ4v) is 2.07. The van der Waals surface area contributed by atoms with Crippen LogP contribution in [0, 0.1) is 5.92 Å². The lowest BCUT2D eigenvalue weighted by Gasteiger charge is -2.30.